The lowest BCUT2D eigenvalue weighted by Crippen LogP contribution is -2.32. The zero-order valence-electron chi connectivity index (χ0n) is 10.0. The van der Waals surface area contributed by atoms with Crippen molar-refractivity contribution >= 4 is 26.5 Å². The Morgan fingerprint density at radius 2 is 2.18 bits per heavy atom. The van der Waals surface area contributed by atoms with Crippen molar-refractivity contribution in [1.82, 2.24) is 9.29 Å². The third kappa shape index (κ3) is 2.61. The molecule has 1 heterocycles. The van der Waals surface area contributed by atoms with Crippen LogP contribution in [0.15, 0.2) is 4.21 Å². The number of rotatable bonds is 5. The van der Waals surface area contributed by atoms with Crippen LogP contribution in [-0.2, 0) is 10.0 Å². The molecule has 1 aliphatic rings. The maximum Gasteiger partial charge on any atom is 0.254 e. The van der Waals surface area contributed by atoms with E-state index >= 15 is 0 Å². The summed E-state index contributed by atoms with van der Waals surface area (Å²) in [5.41, 5.74) is 6.06. The first-order valence-electron chi connectivity index (χ1n) is 5.68. The van der Waals surface area contributed by atoms with Crippen LogP contribution >= 0.6 is 11.3 Å². The third-order valence-corrected chi connectivity index (χ3v) is 6.37. The second-order valence-electron chi connectivity index (χ2n) is 4.32. The molecule has 0 saturated heterocycles. The van der Waals surface area contributed by atoms with Gasteiger partial charge in [0.05, 0.1) is 5.69 Å². The Morgan fingerprint density at radius 3 is 2.59 bits per heavy atom. The van der Waals surface area contributed by atoms with Crippen LogP contribution in [0.25, 0.3) is 0 Å². The Hall–Kier alpha value is -0.660. The molecule has 5 nitrogen and oxygen atoms in total. The zero-order chi connectivity index (χ0) is 12.6. The topological polar surface area (TPSA) is 76.3 Å². The first-order chi connectivity index (χ1) is 7.95. The predicted molar refractivity (Wildman–Crippen MR) is 68.4 cm³/mol. The molecule has 0 aromatic carbocycles. The van der Waals surface area contributed by atoms with Gasteiger partial charge in [-0.15, -0.1) is 0 Å². The standard InChI is InChI=1S/C10H17N3O2S2/c1-3-13(6-8-4-5-8)17(14,15)9-7(2)12-10(11)16-9/h8H,3-6H2,1-2H3,(H2,11,12). The van der Waals surface area contributed by atoms with Gasteiger partial charge in [0.25, 0.3) is 10.0 Å². The van der Waals surface area contributed by atoms with Gasteiger partial charge in [-0.25, -0.2) is 13.4 Å². The van der Waals surface area contributed by atoms with E-state index in [1.54, 1.807) is 6.92 Å². The second-order valence-corrected chi connectivity index (χ2v) is 7.49. The van der Waals surface area contributed by atoms with Crippen molar-refractivity contribution in [3.05, 3.63) is 5.69 Å². The van der Waals surface area contributed by atoms with Crippen LogP contribution in [0.1, 0.15) is 25.5 Å². The van der Waals surface area contributed by atoms with Crippen molar-refractivity contribution in [2.75, 3.05) is 18.8 Å². The van der Waals surface area contributed by atoms with E-state index in [4.69, 9.17) is 5.73 Å². The van der Waals surface area contributed by atoms with Crippen molar-refractivity contribution in [3.8, 4) is 0 Å². The van der Waals surface area contributed by atoms with Crippen LogP contribution < -0.4 is 5.73 Å². The smallest absolute Gasteiger partial charge is 0.254 e. The van der Waals surface area contributed by atoms with E-state index in [0.717, 1.165) is 24.2 Å². The molecule has 17 heavy (non-hydrogen) atoms. The zero-order valence-corrected chi connectivity index (χ0v) is 11.6. The van der Waals surface area contributed by atoms with Gasteiger partial charge in [0.1, 0.15) is 0 Å². The fourth-order valence-corrected chi connectivity index (χ4v) is 4.70. The molecule has 0 bridgehead atoms. The van der Waals surface area contributed by atoms with Gasteiger partial charge < -0.3 is 5.73 Å². The molecule has 1 aromatic rings. The number of nitrogen functional groups attached to an aromatic ring is 1. The molecule has 1 aliphatic carbocycles. The molecule has 0 radical (unpaired) electrons. The maximum absolute atomic E-state index is 12.4. The molecule has 96 valence electrons. The van der Waals surface area contributed by atoms with Crippen LogP contribution in [0.5, 0.6) is 0 Å². The van der Waals surface area contributed by atoms with Gasteiger partial charge in [-0.1, -0.05) is 18.3 Å². The lowest BCUT2D eigenvalue weighted by atomic mass is 10.4. The molecule has 1 aromatic heterocycles. The average molecular weight is 275 g/mol. The first kappa shape index (κ1) is 12.8. The number of anilines is 1. The van der Waals surface area contributed by atoms with Gasteiger partial charge in [0, 0.05) is 13.1 Å². The largest absolute Gasteiger partial charge is 0.375 e. The van der Waals surface area contributed by atoms with Crippen LogP contribution in [0.4, 0.5) is 5.13 Å². The molecule has 2 N–H and O–H groups in total. The quantitative estimate of drug-likeness (QED) is 0.882. The average Bonchev–Trinajstić information content (AvgIpc) is 2.99. The fourth-order valence-electron chi connectivity index (χ4n) is 1.74. The van der Waals surface area contributed by atoms with Crippen molar-refractivity contribution < 1.29 is 8.42 Å². The van der Waals surface area contributed by atoms with E-state index in [1.165, 1.54) is 4.31 Å². The van der Waals surface area contributed by atoms with Crippen molar-refractivity contribution in [3.63, 3.8) is 0 Å². The van der Waals surface area contributed by atoms with Crippen molar-refractivity contribution in [2.24, 2.45) is 5.92 Å². The highest BCUT2D eigenvalue weighted by Crippen LogP contribution is 2.33. The van der Waals surface area contributed by atoms with Gasteiger partial charge in [-0.2, -0.15) is 4.31 Å². The minimum Gasteiger partial charge on any atom is -0.375 e. The first-order valence-corrected chi connectivity index (χ1v) is 7.94. The van der Waals surface area contributed by atoms with Crippen LogP contribution in [-0.4, -0.2) is 30.8 Å². The summed E-state index contributed by atoms with van der Waals surface area (Å²) in [7, 11) is -3.41. The fraction of sp³-hybridized carbons (Fsp3) is 0.700. The minimum atomic E-state index is -3.41. The van der Waals surface area contributed by atoms with Crippen molar-refractivity contribution in [1.29, 1.82) is 0 Å². The summed E-state index contributed by atoms with van der Waals surface area (Å²) in [6.45, 7) is 4.66. The minimum absolute atomic E-state index is 0.289. The van der Waals surface area contributed by atoms with E-state index in [1.807, 2.05) is 6.92 Å². The number of hydrogen-bond acceptors (Lipinski definition) is 5. The van der Waals surface area contributed by atoms with Gasteiger partial charge >= 0.3 is 0 Å². The summed E-state index contributed by atoms with van der Waals surface area (Å²) in [6, 6.07) is 0. The summed E-state index contributed by atoms with van der Waals surface area (Å²) in [4.78, 5) is 3.98. The number of thiazole rings is 1. The molecule has 7 heteroatoms. The molecule has 0 aliphatic heterocycles. The second kappa shape index (κ2) is 4.55. The Balaban J connectivity index is 2.29. The number of sulfonamides is 1. The Kier molecular flexibility index (Phi) is 3.42. The highest BCUT2D eigenvalue weighted by molar-refractivity contribution is 7.91. The monoisotopic (exact) mass is 275 g/mol. The maximum atomic E-state index is 12.4. The third-order valence-electron chi connectivity index (χ3n) is 2.86. The lowest BCUT2D eigenvalue weighted by Gasteiger charge is -2.19. The number of hydrogen-bond donors (Lipinski definition) is 1. The molecular formula is C10H17N3O2S2. The summed E-state index contributed by atoms with van der Waals surface area (Å²) in [5.74, 6) is 0.537. The molecule has 0 atom stereocenters. The number of nitrogens with two attached hydrogens (primary N) is 1. The molecule has 2 rings (SSSR count). The van der Waals surface area contributed by atoms with Gasteiger partial charge in [0.2, 0.25) is 0 Å². The Morgan fingerprint density at radius 1 is 1.53 bits per heavy atom. The van der Waals surface area contributed by atoms with E-state index in [2.05, 4.69) is 4.98 Å². The molecular weight excluding hydrogens is 258 g/mol. The molecule has 0 unspecified atom stereocenters. The number of aromatic nitrogens is 1. The predicted octanol–water partition coefficient (Wildman–Crippen LogP) is 1.45. The van der Waals surface area contributed by atoms with Crippen LogP contribution in [0.2, 0.25) is 0 Å². The molecule has 0 spiro atoms. The Bertz CT molecular complexity index is 506. The Labute approximate surface area is 106 Å². The summed E-state index contributed by atoms with van der Waals surface area (Å²) < 4.78 is 26.6. The van der Waals surface area contributed by atoms with E-state index in [0.29, 0.717) is 29.8 Å². The van der Waals surface area contributed by atoms with Gasteiger partial charge in [-0.05, 0) is 25.7 Å². The number of nitrogens with zero attached hydrogens (tertiary/aromatic N) is 2. The SMILES string of the molecule is CCN(CC1CC1)S(=O)(=O)c1sc(N)nc1C. The van der Waals surface area contributed by atoms with E-state index in [-0.39, 0.29) is 4.21 Å². The van der Waals surface area contributed by atoms with Gasteiger partial charge in [-0.3, -0.25) is 0 Å². The van der Waals surface area contributed by atoms with Crippen molar-refractivity contribution in [2.45, 2.75) is 30.9 Å². The summed E-state index contributed by atoms with van der Waals surface area (Å²) >= 11 is 1.05. The number of aryl methyl sites for hydroxylation is 1. The van der Waals surface area contributed by atoms with E-state index in [9.17, 15) is 8.42 Å². The molecule has 0 amide bonds. The summed E-state index contributed by atoms with van der Waals surface area (Å²) in [5, 5.41) is 0.309. The molecule has 1 fully saturated rings. The van der Waals surface area contributed by atoms with Crippen LogP contribution in [0.3, 0.4) is 0 Å². The summed E-state index contributed by atoms with van der Waals surface area (Å²) in [6.07, 6.45) is 2.27. The van der Waals surface area contributed by atoms with Crippen LogP contribution in [0, 0.1) is 12.8 Å². The highest BCUT2D eigenvalue weighted by Gasteiger charge is 2.32. The van der Waals surface area contributed by atoms with E-state index < -0.39 is 10.0 Å². The lowest BCUT2D eigenvalue weighted by molar-refractivity contribution is 0.413. The highest BCUT2D eigenvalue weighted by atomic mass is 32.2. The normalized spacial score (nSPS) is 16.6. The molecule has 1 saturated carbocycles. The van der Waals surface area contributed by atoms with Gasteiger partial charge in [0.15, 0.2) is 9.34 Å².